The molecule has 0 atom stereocenters. The number of ether oxygens (including phenoxy) is 1. The number of rotatable bonds is 4. The molecule has 2 aromatic carbocycles. The maximum absolute atomic E-state index is 11.3. The van der Waals surface area contributed by atoms with Gasteiger partial charge in [0.25, 0.3) is 0 Å². The lowest BCUT2D eigenvalue weighted by atomic mass is 10.1. The fourth-order valence-corrected chi connectivity index (χ4v) is 1.92. The van der Waals surface area contributed by atoms with Crippen LogP contribution in [0.15, 0.2) is 36.4 Å². The molecule has 0 fully saturated rings. The number of carbonyl (C=O) groups is 1. The first kappa shape index (κ1) is 13.2. The Morgan fingerprint density at radius 1 is 1.11 bits per heavy atom. The maximum atomic E-state index is 11.3. The third kappa shape index (κ3) is 3.37. The Balaban J connectivity index is 2.11. The van der Waals surface area contributed by atoms with Gasteiger partial charge in [0.2, 0.25) is 0 Å². The van der Waals surface area contributed by atoms with Gasteiger partial charge in [-0.3, -0.25) is 0 Å². The van der Waals surface area contributed by atoms with E-state index in [1.165, 1.54) is 0 Å². The van der Waals surface area contributed by atoms with Crippen molar-refractivity contribution in [2.75, 3.05) is 13.7 Å². The summed E-state index contributed by atoms with van der Waals surface area (Å²) in [6, 6.07) is 11.9. The number of methoxy groups -OCH3 is 1. The Morgan fingerprint density at radius 2 is 1.84 bits per heavy atom. The van der Waals surface area contributed by atoms with E-state index in [9.17, 15) is 4.79 Å². The zero-order valence-corrected chi connectivity index (χ0v) is 11.2. The van der Waals surface area contributed by atoms with Crippen molar-refractivity contribution >= 4 is 16.8 Å². The molecular formula is C15H18N2O2. The van der Waals surface area contributed by atoms with E-state index >= 15 is 0 Å². The van der Waals surface area contributed by atoms with Crippen LogP contribution in [-0.2, 0) is 6.54 Å². The summed E-state index contributed by atoms with van der Waals surface area (Å²) in [5.74, 6) is 0.848. The predicted octanol–water partition coefficient (Wildman–Crippen LogP) is 2.67. The fourth-order valence-electron chi connectivity index (χ4n) is 1.92. The van der Waals surface area contributed by atoms with Crippen LogP contribution in [0.25, 0.3) is 10.8 Å². The van der Waals surface area contributed by atoms with Gasteiger partial charge in [0.15, 0.2) is 0 Å². The molecule has 2 aromatic rings. The molecule has 0 aliphatic rings. The molecular weight excluding hydrogens is 240 g/mol. The predicted molar refractivity (Wildman–Crippen MR) is 76.4 cm³/mol. The van der Waals surface area contributed by atoms with Crippen LogP contribution in [0.1, 0.15) is 12.5 Å². The molecule has 4 nitrogen and oxygen atoms in total. The number of amides is 2. The number of hydrogen-bond acceptors (Lipinski definition) is 2. The lowest BCUT2D eigenvalue weighted by molar-refractivity contribution is 0.241. The van der Waals surface area contributed by atoms with Crippen molar-refractivity contribution < 1.29 is 9.53 Å². The number of urea groups is 1. The summed E-state index contributed by atoms with van der Waals surface area (Å²) in [6.45, 7) is 3.04. The third-order valence-electron chi connectivity index (χ3n) is 2.90. The summed E-state index contributed by atoms with van der Waals surface area (Å²) in [7, 11) is 1.66. The van der Waals surface area contributed by atoms with E-state index in [0.29, 0.717) is 13.1 Å². The van der Waals surface area contributed by atoms with Crippen LogP contribution in [-0.4, -0.2) is 19.7 Å². The van der Waals surface area contributed by atoms with Crippen LogP contribution < -0.4 is 15.4 Å². The number of fused-ring (bicyclic) bond motifs is 1. The van der Waals surface area contributed by atoms with Crippen molar-refractivity contribution in [1.29, 1.82) is 0 Å². The van der Waals surface area contributed by atoms with Gasteiger partial charge in [0.05, 0.1) is 7.11 Å². The minimum atomic E-state index is -0.141. The summed E-state index contributed by atoms with van der Waals surface area (Å²) >= 11 is 0. The van der Waals surface area contributed by atoms with Crippen molar-refractivity contribution in [3.63, 3.8) is 0 Å². The third-order valence-corrected chi connectivity index (χ3v) is 2.90. The molecule has 0 radical (unpaired) electrons. The van der Waals surface area contributed by atoms with Crippen LogP contribution in [0.5, 0.6) is 5.75 Å². The smallest absolute Gasteiger partial charge is 0.315 e. The van der Waals surface area contributed by atoms with Crippen molar-refractivity contribution in [2.24, 2.45) is 0 Å². The molecule has 0 aromatic heterocycles. The van der Waals surface area contributed by atoms with Crippen LogP contribution >= 0.6 is 0 Å². The van der Waals surface area contributed by atoms with E-state index in [2.05, 4.69) is 16.7 Å². The fraction of sp³-hybridized carbons (Fsp3) is 0.267. The largest absolute Gasteiger partial charge is 0.497 e. The number of benzene rings is 2. The van der Waals surface area contributed by atoms with Gasteiger partial charge in [0, 0.05) is 13.1 Å². The molecule has 0 aliphatic heterocycles. The van der Waals surface area contributed by atoms with E-state index < -0.39 is 0 Å². The first-order valence-corrected chi connectivity index (χ1v) is 6.31. The molecule has 4 heteroatoms. The second kappa shape index (κ2) is 6.09. The Hall–Kier alpha value is -2.23. The van der Waals surface area contributed by atoms with Crippen molar-refractivity contribution in [3.05, 3.63) is 42.0 Å². The van der Waals surface area contributed by atoms with Crippen LogP contribution in [0, 0.1) is 0 Å². The summed E-state index contributed by atoms with van der Waals surface area (Å²) in [6.07, 6.45) is 0. The highest BCUT2D eigenvalue weighted by Crippen LogP contribution is 2.21. The molecule has 2 N–H and O–H groups in total. The standard InChI is InChI=1S/C15H18N2O2/c1-3-16-15(18)17-10-11-4-5-13-9-14(19-2)7-6-12(13)8-11/h4-9H,3,10H2,1-2H3,(H2,16,17,18). The van der Waals surface area contributed by atoms with Gasteiger partial charge in [-0.05, 0) is 41.5 Å². The average Bonchev–Trinajstić information content (AvgIpc) is 2.44. The van der Waals surface area contributed by atoms with Gasteiger partial charge < -0.3 is 15.4 Å². The highest BCUT2D eigenvalue weighted by atomic mass is 16.5. The van der Waals surface area contributed by atoms with Crippen molar-refractivity contribution in [3.8, 4) is 5.75 Å². The van der Waals surface area contributed by atoms with Crippen molar-refractivity contribution in [2.45, 2.75) is 13.5 Å². The van der Waals surface area contributed by atoms with Crippen LogP contribution in [0.4, 0.5) is 4.79 Å². The number of hydrogen-bond donors (Lipinski definition) is 2. The monoisotopic (exact) mass is 258 g/mol. The molecule has 0 heterocycles. The van der Waals surface area contributed by atoms with Crippen molar-refractivity contribution in [1.82, 2.24) is 10.6 Å². The maximum Gasteiger partial charge on any atom is 0.315 e. The second-order valence-electron chi connectivity index (χ2n) is 4.26. The first-order chi connectivity index (χ1) is 9.22. The van der Waals surface area contributed by atoms with E-state index in [-0.39, 0.29) is 6.03 Å². The number of nitrogens with one attached hydrogen (secondary N) is 2. The molecule has 0 aliphatic carbocycles. The molecule has 100 valence electrons. The van der Waals surface area contributed by atoms with Gasteiger partial charge >= 0.3 is 6.03 Å². The Kier molecular flexibility index (Phi) is 4.23. The SMILES string of the molecule is CCNC(=O)NCc1ccc2cc(OC)ccc2c1. The molecule has 0 saturated heterocycles. The van der Waals surface area contributed by atoms with Gasteiger partial charge in [-0.2, -0.15) is 0 Å². The first-order valence-electron chi connectivity index (χ1n) is 6.31. The van der Waals surface area contributed by atoms with Crippen LogP contribution in [0.2, 0.25) is 0 Å². The summed E-state index contributed by atoms with van der Waals surface area (Å²) in [5, 5.41) is 7.78. The van der Waals surface area contributed by atoms with E-state index in [1.807, 2.05) is 37.3 Å². The Bertz CT molecular complexity index is 581. The van der Waals surface area contributed by atoms with Gasteiger partial charge in [-0.15, -0.1) is 0 Å². The zero-order valence-electron chi connectivity index (χ0n) is 11.2. The lowest BCUT2D eigenvalue weighted by Gasteiger charge is -2.08. The van der Waals surface area contributed by atoms with E-state index in [4.69, 9.17) is 4.74 Å². The molecule has 2 rings (SSSR count). The number of carbonyl (C=O) groups excluding carboxylic acids is 1. The van der Waals surface area contributed by atoms with Gasteiger partial charge in [-0.25, -0.2) is 4.79 Å². The summed E-state index contributed by atoms with van der Waals surface area (Å²) < 4.78 is 5.19. The zero-order chi connectivity index (χ0) is 13.7. The topological polar surface area (TPSA) is 50.4 Å². The Morgan fingerprint density at radius 3 is 2.58 bits per heavy atom. The van der Waals surface area contributed by atoms with Gasteiger partial charge in [-0.1, -0.05) is 18.2 Å². The Labute approximate surface area is 112 Å². The van der Waals surface area contributed by atoms with E-state index in [0.717, 1.165) is 22.1 Å². The second-order valence-corrected chi connectivity index (χ2v) is 4.26. The summed E-state index contributed by atoms with van der Waals surface area (Å²) in [4.78, 5) is 11.3. The quantitative estimate of drug-likeness (QED) is 0.885. The molecule has 0 spiro atoms. The van der Waals surface area contributed by atoms with Crippen LogP contribution in [0.3, 0.4) is 0 Å². The average molecular weight is 258 g/mol. The minimum Gasteiger partial charge on any atom is -0.497 e. The summed E-state index contributed by atoms with van der Waals surface area (Å²) in [5.41, 5.74) is 1.07. The lowest BCUT2D eigenvalue weighted by Crippen LogP contribution is -2.34. The highest BCUT2D eigenvalue weighted by Gasteiger charge is 2.01. The van der Waals surface area contributed by atoms with E-state index in [1.54, 1.807) is 7.11 Å². The molecule has 19 heavy (non-hydrogen) atoms. The van der Waals surface area contributed by atoms with Gasteiger partial charge in [0.1, 0.15) is 5.75 Å². The molecule has 0 bridgehead atoms. The minimum absolute atomic E-state index is 0.141. The molecule has 0 unspecified atom stereocenters. The molecule has 0 saturated carbocycles. The molecule has 2 amide bonds. The normalized spacial score (nSPS) is 10.2. The highest BCUT2D eigenvalue weighted by molar-refractivity contribution is 5.84.